The minimum atomic E-state index is 0.407. The molecule has 3 heterocycles. The number of rotatable bonds is 3. The summed E-state index contributed by atoms with van der Waals surface area (Å²) in [5.74, 6) is 1.85. The van der Waals surface area contributed by atoms with Crippen LogP contribution in [-0.2, 0) is 4.74 Å². The predicted molar refractivity (Wildman–Crippen MR) is 85.6 cm³/mol. The number of likely N-dealkylation sites (tertiary alicyclic amines) is 2. The van der Waals surface area contributed by atoms with Crippen LogP contribution in [0.5, 0.6) is 0 Å². The molecule has 120 valence electrons. The molecule has 21 heavy (non-hydrogen) atoms. The maximum Gasteiger partial charge on any atom is 0.193 e. The first kappa shape index (κ1) is 15.1. The fourth-order valence-electron chi connectivity index (χ4n) is 3.90. The topological polar surface area (TPSA) is 40.1 Å². The average molecular weight is 294 g/mol. The van der Waals surface area contributed by atoms with Crippen molar-refractivity contribution in [1.82, 2.24) is 15.1 Å². The van der Waals surface area contributed by atoms with Gasteiger partial charge in [0.15, 0.2) is 5.96 Å². The van der Waals surface area contributed by atoms with Gasteiger partial charge >= 0.3 is 0 Å². The summed E-state index contributed by atoms with van der Waals surface area (Å²) in [4.78, 5) is 9.80. The van der Waals surface area contributed by atoms with E-state index in [0.717, 1.165) is 51.3 Å². The van der Waals surface area contributed by atoms with Crippen LogP contribution in [0.2, 0.25) is 0 Å². The van der Waals surface area contributed by atoms with Crippen LogP contribution >= 0.6 is 0 Å². The summed E-state index contributed by atoms with van der Waals surface area (Å²) >= 11 is 0. The third-order valence-electron chi connectivity index (χ3n) is 5.25. The van der Waals surface area contributed by atoms with Crippen LogP contribution in [-0.4, -0.2) is 75.3 Å². The summed E-state index contributed by atoms with van der Waals surface area (Å²) in [5, 5.41) is 3.49. The summed E-state index contributed by atoms with van der Waals surface area (Å²) in [6.07, 6.45) is 3.76. The summed E-state index contributed by atoms with van der Waals surface area (Å²) in [5.41, 5.74) is 0.407. The highest BCUT2D eigenvalue weighted by Crippen LogP contribution is 2.38. The van der Waals surface area contributed by atoms with Crippen molar-refractivity contribution in [2.75, 3.05) is 59.5 Å². The van der Waals surface area contributed by atoms with Crippen LogP contribution < -0.4 is 5.32 Å². The maximum atomic E-state index is 5.63. The third-order valence-corrected chi connectivity index (χ3v) is 5.25. The van der Waals surface area contributed by atoms with Crippen LogP contribution in [0.15, 0.2) is 4.99 Å². The molecule has 1 spiro atoms. The molecular weight excluding hydrogens is 264 g/mol. The molecule has 3 rings (SSSR count). The number of nitrogens with one attached hydrogen (secondary N) is 1. The van der Waals surface area contributed by atoms with Crippen LogP contribution in [0, 0.1) is 11.3 Å². The molecule has 3 saturated heterocycles. The molecule has 0 amide bonds. The highest BCUT2D eigenvalue weighted by atomic mass is 16.5. The van der Waals surface area contributed by atoms with Crippen molar-refractivity contribution >= 4 is 5.96 Å². The molecular formula is C16H30N4O. The van der Waals surface area contributed by atoms with E-state index >= 15 is 0 Å². The second kappa shape index (κ2) is 6.53. The zero-order valence-corrected chi connectivity index (χ0v) is 13.6. The summed E-state index contributed by atoms with van der Waals surface area (Å²) in [7, 11) is 2.21. The standard InChI is InChI=1S/C16H30N4O/c1-3-17-15(18-10-14-4-7-19(2)11-14)20-8-5-16(12-20)6-9-21-13-16/h14H,3-13H2,1-2H3,(H,17,18). The quantitative estimate of drug-likeness (QED) is 0.623. The highest BCUT2D eigenvalue weighted by Gasteiger charge is 2.42. The van der Waals surface area contributed by atoms with Gasteiger partial charge in [0.1, 0.15) is 0 Å². The van der Waals surface area contributed by atoms with Gasteiger partial charge in [0, 0.05) is 44.7 Å². The lowest BCUT2D eigenvalue weighted by Gasteiger charge is -2.25. The van der Waals surface area contributed by atoms with Gasteiger partial charge in [0.25, 0.3) is 0 Å². The Morgan fingerprint density at radius 1 is 1.38 bits per heavy atom. The Balaban J connectivity index is 1.58. The number of nitrogens with zero attached hydrogens (tertiary/aromatic N) is 3. The van der Waals surface area contributed by atoms with Crippen molar-refractivity contribution in [1.29, 1.82) is 0 Å². The Bertz CT molecular complexity index is 378. The normalized spacial score (nSPS) is 34.3. The average Bonchev–Trinajstić information content (AvgIpc) is 3.19. The largest absolute Gasteiger partial charge is 0.381 e. The van der Waals surface area contributed by atoms with Crippen molar-refractivity contribution in [3.05, 3.63) is 0 Å². The second-order valence-corrected chi connectivity index (χ2v) is 7.09. The molecule has 0 saturated carbocycles. The molecule has 2 atom stereocenters. The fourth-order valence-corrected chi connectivity index (χ4v) is 3.90. The Hall–Kier alpha value is -0.810. The molecule has 1 N–H and O–H groups in total. The van der Waals surface area contributed by atoms with Crippen LogP contribution in [0.3, 0.4) is 0 Å². The number of hydrogen-bond acceptors (Lipinski definition) is 3. The molecule has 0 aromatic rings. The number of guanidine groups is 1. The minimum Gasteiger partial charge on any atom is -0.381 e. The van der Waals surface area contributed by atoms with Crippen molar-refractivity contribution in [3.63, 3.8) is 0 Å². The van der Waals surface area contributed by atoms with Crippen LogP contribution in [0.4, 0.5) is 0 Å². The van der Waals surface area contributed by atoms with Gasteiger partial charge in [-0.15, -0.1) is 0 Å². The second-order valence-electron chi connectivity index (χ2n) is 7.09. The lowest BCUT2D eigenvalue weighted by molar-refractivity contribution is 0.156. The number of hydrogen-bond donors (Lipinski definition) is 1. The van der Waals surface area contributed by atoms with Crippen molar-refractivity contribution in [2.24, 2.45) is 16.3 Å². The van der Waals surface area contributed by atoms with Gasteiger partial charge in [-0.1, -0.05) is 0 Å². The van der Waals surface area contributed by atoms with E-state index in [4.69, 9.17) is 9.73 Å². The first-order chi connectivity index (χ1) is 10.2. The Labute approximate surface area is 128 Å². The van der Waals surface area contributed by atoms with E-state index in [2.05, 4.69) is 29.1 Å². The van der Waals surface area contributed by atoms with E-state index in [9.17, 15) is 0 Å². The molecule has 5 heteroatoms. The summed E-state index contributed by atoms with van der Waals surface area (Å²) in [6, 6.07) is 0. The Morgan fingerprint density at radius 3 is 2.95 bits per heavy atom. The fraction of sp³-hybridized carbons (Fsp3) is 0.938. The third kappa shape index (κ3) is 3.51. The van der Waals surface area contributed by atoms with E-state index in [-0.39, 0.29) is 0 Å². The van der Waals surface area contributed by atoms with E-state index < -0.39 is 0 Å². The monoisotopic (exact) mass is 294 g/mol. The maximum absolute atomic E-state index is 5.63. The Kier molecular flexibility index (Phi) is 4.69. The molecule has 0 radical (unpaired) electrons. The van der Waals surface area contributed by atoms with Crippen molar-refractivity contribution in [2.45, 2.75) is 26.2 Å². The van der Waals surface area contributed by atoms with E-state index in [0.29, 0.717) is 5.41 Å². The predicted octanol–water partition coefficient (Wildman–Crippen LogP) is 1.02. The van der Waals surface area contributed by atoms with Gasteiger partial charge in [0.2, 0.25) is 0 Å². The smallest absolute Gasteiger partial charge is 0.193 e. The molecule has 0 aromatic heterocycles. The van der Waals surface area contributed by atoms with Gasteiger partial charge in [-0.2, -0.15) is 0 Å². The SMILES string of the molecule is CCNC(=NCC1CCN(C)C1)N1CCC2(CCOC2)C1. The number of ether oxygens (including phenoxy) is 1. The van der Waals surface area contributed by atoms with Gasteiger partial charge in [-0.25, -0.2) is 0 Å². The first-order valence-corrected chi connectivity index (χ1v) is 8.50. The molecule has 0 aliphatic carbocycles. The van der Waals surface area contributed by atoms with Gasteiger partial charge in [-0.3, -0.25) is 4.99 Å². The first-order valence-electron chi connectivity index (χ1n) is 8.50. The lowest BCUT2D eigenvalue weighted by Crippen LogP contribution is -2.41. The molecule has 2 unspecified atom stereocenters. The molecule has 0 aromatic carbocycles. The van der Waals surface area contributed by atoms with Crippen molar-refractivity contribution < 1.29 is 4.74 Å². The van der Waals surface area contributed by atoms with Crippen molar-refractivity contribution in [3.8, 4) is 0 Å². The zero-order chi connectivity index (χ0) is 14.7. The highest BCUT2D eigenvalue weighted by molar-refractivity contribution is 5.80. The van der Waals surface area contributed by atoms with Gasteiger partial charge < -0.3 is 19.9 Å². The molecule has 5 nitrogen and oxygen atoms in total. The molecule has 3 aliphatic rings. The summed E-state index contributed by atoms with van der Waals surface area (Å²) in [6.45, 7) is 10.6. The molecule has 3 fully saturated rings. The molecule has 3 aliphatic heterocycles. The minimum absolute atomic E-state index is 0.407. The van der Waals surface area contributed by atoms with Crippen LogP contribution in [0.25, 0.3) is 0 Å². The van der Waals surface area contributed by atoms with E-state index in [1.54, 1.807) is 0 Å². The van der Waals surface area contributed by atoms with E-state index in [1.165, 1.54) is 32.4 Å². The van der Waals surface area contributed by atoms with E-state index in [1.807, 2.05) is 0 Å². The van der Waals surface area contributed by atoms with Gasteiger partial charge in [-0.05, 0) is 45.7 Å². The zero-order valence-electron chi connectivity index (χ0n) is 13.6. The molecule has 0 bridgehead atoms. The summed E-state index contributed by atoms with van der Waals surface area (Å²) < 4.78 is 5.63. The Morgan fingerprint density at radius 2 is 2.29 bits per heavy atom. The lowest BCUT2D eigenvalue weighted by atomic mass is 9.87. The van der Waals surface area contributed by atoms with Crippen LogP contribution in [0.1, 0.15) is 26.2 Å². The van der Waals surface area contributed by atoms with Gasteiger partial charge in [0.05, 0.1) is 6.61 Å². The number of aliphatic imine (C=N–C) groups is 1.